The maximum Gasteiger partial charge on any atom is 0.324 e. The number of hydrogen-bond acceptors (Lipinski definition) is 3. The number of likely N-dealkylation sites (N-methyl/N-ethyl adjacent to an activating group) is 1. The van der Waals surface area contributed by atoms with E-state index in [9.17, 15) is 13.2 Å². The molecular weight excluding hydrogens is 254 g/mol. The van der Waals surface area contributed by atoms with Crippen LogP contribution in [-0.2, 0) is 14.8 Å². The molecule has 0 unspecified atom stereocenters. The third-order valence-electron chi connectivity index (χ3n) is 2.99. The predicted octanol–water partition coefficient (Wildman–Crippen LogP) is 1.48. The zero-order valence-corrected chi connectivity index (χ0v) is 11.7. The highest BCUT2D eigenvalue weighted by Gasteiger charge is 2.39. The molecule has 0 saturated carbocycles. The number of aliphatic carboxylic acids is 1. The molecule has 0 bridgehead atoms. The lowest BCUT2D eigenvalue weighted by Crippen LogP contribution is -2.50. The molecule has 0 aliphatic heterocycles. The van der Waals surface area contributed by atoms with Crippen molar-refractivity contribution in [1.29, 1.82) is 0 Å². The highest BCUT2D eigenvalue weighted by Crippen LogP contribution is 2.23. The van der Waals surface area contributed by atoms with E-state index < -0.39 is 21.5 Å². The summed E-state index contributed by atoms with van der Waals surface area (Å²) in [5.74, 6) is -1.19. The van der Waals surface area contributed by atoms with E-state index in [1.54, 1.807) is 12.1 Å². The van der Waals surface area contributed by atoms with Crippen molar-refractivity contribution in [2.45, 2.75) is 31.2 Å². The van der Waals surface area contributed by atoms with Crippen molar-refractivity contribution in [2.75, 3.05) is 7.05 Å². The highest BCUT2D eigenvalue weighted by molar-refractivity contribution is 7.89. The fourth-order valence-electron chi connectivity index (χ4n) is 1.30. The van der Waals surface area contributed by atoms with Gasteiger partial charge in [-0.25, -0.2) is 8.42 Å². The molecule has 18 heavy (non-hydrogen) atoms. The van der Waals surface area contributed by atoms with Crippen LogP contribution in [0.1, 0.15) is 19.4 Å². The first-order chi connectivity index (χ1) is 8.10. The van der Waals surface area contributed by atoms with Gasteiger partial charge in [-0.15, -0.1) is 0 Å². The van der Waals surface area contributed by atoms with Crippen molar-refractivity contribution in [2.24, 2.45) is 0 Å². The number of sulfonamides is 1. The number of benzene rings is 1. The Hall–Kier alpha value is -1.40. The first kappa shape index (κ1) is 14.7. The summed E-state index contributed by atoms with van der Waals surface area (Å²) in [5, 5.41) is 9.06. The number of rotatable bonds is 4. The molecule has 1 N–H and O–H groups in total. The number of carboxylic acids is 1. The molecule has 0 aromatic heterocycles. The minimum Gasteiger partial charge on any atom is -0.480 e. The summed E-state index contributed by atoms with van der Waals surface area (Å²) < 4.78 is 25.4. The molecule has 6 heteroatoms. The van der Waals surface area contributed by atoms with E-state index in [2.05, 4.69) is 0 Å². The second kappa shape index (κ2) is 4.70. The SMILES string of the molecule is Cc1ccc(S(=O)(=O)N(C)C(C)(C)C(=O)O)cc1. The summed E-state index contributed by atoms with van der Waals surface area (Å²) in [6.45, 7) is 4.55. The van der Waals surface area contributed by atoms with E-state index in [0.29, 0.717) is 0 Å². The molecular formula is C12H17NO4S. The van der Waals surface area contributed by atoms with E-state index in [4.69, 9.17) is 5.11 Å². The van der Waals surface area contributed by atoms with Crippen LogP contribution in [0.2, 0.25) is 0 Å². The Kier molecular flexibility index (Phi) is 3.83. The van der Waals surface area contributed by atoms with Crippen molar-refractivity contribution >= 4 is 16.0 Å². The minimum atomic E-state index is -3.81. The molecule has 0 amide bonds. The van der Waals surface area contributed by atoms with E-state index in [1.807, 2.05) is 6.92 Å². The van der Waals surface area contributed by atoms with E-state index in [-0.39, 0.29) is 4.90 Å². The number of aryl methyl sites for hydroxylation is 1. The molecule has 0 aliphatic rings. The summed E-state index contributed by atoms with van der Waals surface area (Å²) in [4.78, 5) is 11.2. The average molecular weight is 271 g/mol. The van der Waals surface area contributed by atoms with Crippen LogP contribution in [-0.4, -0.2) is 36.4 Å². The molecule has 0 aliphatic carbocycles. The van der Waals surface area contributed by atoms with Crippen LogP contribution in [0, 0.1) is 6.92 Å². The molecule has 1 aromatic rings. The molecule has 0 heterocycles. The zero-order chi connectivity index (χ0) is 14.1. The maximum atomic E-state index is 12.3. The summed E-state index contributed by atoms with van der Waals surface area (Å²) >= 11 is 0. The zero-order valence-electron chi connectivity index (χ0n) is 10.8. The predicted molar refractivity (Wildman–Crippen MR) is 67.8 cm³/mol. The summed E-state index contributed by atoms with van der Waals surface area (Å²) in [7, 11) is -2.54. The largest absolute Gasteiger partial charge is 0.480 e. The number of carboxylic acid groups (broad SMARTS) is 1. The Balaban J connectivity index is 3.23. The van der Waals surface area contributed by atoms with Crippen LogP contribution in [0.25, 0.3) is 0 Å². The molecule has 1 rings (SSSR count). The Morgan fingerprint density at radius 3 is 2.06 bits per heavy atom. The smallest absolute Gasteiger partial charge is 0.324 e. The summed E-state index contributed by atoms with van der Waals surface area (Å²) in [6.07, 6.45) is 0. The quantitative estimate of drug-likeness (QED) is 0.900. The normalized spacial score (nSPS) is 12.7. The molecule has 100 valence electrons. The van der Waals surface area contributed by atoms with Crippen LogP contribution < -0.4 is 0 Å². The van der Waals surface area contributed by atoms with Gasteiger partial charge in [0.15, 0.2) is 0 Å². The van der Waals surface area contributed by atoms with Gasteiger partial charge in [0.25, 0.3) is 0 Å². The molecule has 0 atom stereocenters. The Bertz CT molecular complexity index is 546. The molecule has 0 radical (unpaired) electrons. The van der Waals surface area contributed by atoms with Gasteiger partial charge in [0.05, 0.1) is 4.90 Å². The highest BCUT2D eigenvalue weighted by atomic mass is 32.2. The maximum absolute atomic E-state index is 12.3. The van der Waals surface area contributed by atoms with E-state index >= 15 is 0 Å². The standard InChI is InChI=1S/C12H17NO4S/c1-9-5-7-10(8-6-9)18(16,17)13(4)12(2,3)11(14)15/h5-8H,1-4H3,(H,14,15). The second-order valence-electron chi connectivity index (χ2n) is 4.65. The van der Waals surface area contributed by atoms with Crippen LogP contribution in [0.3, 0.4) is 0 Å². The first-order valence-corrected chi connectivity index (χ1v) is 6.83. The second-order valence-corrected chi connectivity index (χ2v) is 6.62. The monoisotopic (exact) mass is 271 g/mol. The van der Waals surface area contributed by atoms with Gasteiger partial charge in [0.1, 0.15) is 5.54 Å². The fourth-order valence-corrected chi connectivity index (χ4v) is 2.78. The fraction of sp³-hybridized carbons (Fsp3) is 0.417. The molecule has 0 saturated heterocycles. The molecule has 1 aromatic carbocycles. The molecule has 5 nitrogen and oxygen atoms in total. The van der Waals surface area contributed by atoms with Crippen LogP contribution in [0.4, 0.5) is 0 Å². The lowest BCUT2D eigenvalue weighted by atomic mass is 10.1. The summed E-state index contributed by atoms with van der Waals surface area (Å²) in [5.41, 5.74) is -0.557. The van der Waals surface area contributed by atoms with Gasteiger partial charge in [0.2, 0.25) is 10.0 Å². The Morgan fingerprint density at radius 1 is 1.22 bits per heavy atom. The van der Waals surface area contributed by atoms with Gasteiger partial charge in [-0.2, -0.15) is 4.31 Å². The Morgan fingerprint density at radius 2 is 1.67 bits per heavy atom. The van der Waals surface area contributed by atoms with Crippen molar-refractivity contribution < 1.29 is 18.3 Å². The van der Waals surface area contributed by atoms with E-state index in [0.717, 1.165) is 9.87 Å². The Labute approximate surface area is 107 Å². The topological polar surface area (TPSA) is 74.7 Å². The third kappa shape index (κ3) is 2.54. The average Bonchev–Trinajstić information content (AvgIpc) is 2.28. The van der Waals surface area contributed by atoms with E-state index in [1.165, 1.54) is 33.0 Å². The third-order valence-corrected chi connectivity index (χ3v) is 5.04. The van der Waals surface area contributed by atoms with Gasteiger partial charge in [-0.05, 0) is 32.9 Å². The van der Waals surface area contributed by atoms with Crippen LogP contribution in [0.5, 0.6) is 0 Å². The van der Waals surface area contributed by atoms with Crippen molar-refractivity contribution in [1.82, 2.24) is 4.31 Å². The first-order valence-electron chi connectivity index (χ1n) is 5.39. The number of nitrogens with zero attached hydrogens (tertiary/aromatic N) is 1. The van der Waals surface area contributed by atoms with Gasteiger partial charge >= 0.3 is 5.97 Å². The molecule has 0 spiro atoms. The lowest BCUT2D eigenvalue weighted by Gasteiger charge is -2.30. The van der Waals surface area contributed by atoms with Crippen LogP contribution >= 0.6 is 0 Å². The number of carbonyl (C=O) groups is 1. The van der Waals surface area contributed by atoms with Gasteiger partial charge in [0, 0.05) is 7.05 Å². The van der Waals surface area contributed by atoms with Crippen molar-refractivity contribution in [3.63, 3.8) is 0 Å². The number of hydrogen-bond donors (Lipinski definition) is 1. The summed E-state index contributed by atoms with van der Waals surface area (Å²) in [6, 6.07) is 6.29. The van der Waals surface area contributed by atoms with Gasteiger partial charge < -0.3 is 5.11 Å². The van der Waals surface area contributed by atoms with Crippen molar-refractivity contribution in [3.8, 4) is 0 Å². The lowest BCUT2D eigenvalue weighted by molar-refractivity contribution is -0.145. The minimum absolute atomic E-state index is 0.0879. The van der Waals surface area contributed by atoms with Crippen LogP contribution in [0.15, 0.2) is 29.2 Å². The van der Waals surface area contributed by atoms with Gasteiger partial charge in [-0.1, -0.05) is 17.7 Å². The van der Waals surface area contributed by atoms with Crippen molar-refractivity contribution in [3.05, 3.63) is 29.8 Å². The molecule has 0 fully saturated rings. The van der Waals surface area contributed by atoms with Gasteiger partial charge in [-0.3, -0.25) is 4.79 Å².